The summed E-state index contributed by atoms with van der Waals surface area (Å²) in [4.78, 5) is 14.3. The quantitative estimate of drug-likeness (QED) is 0.875. The monoisotopic (exact) mass is 320 g/mol. The molecule has 2 aliphatic heterocycles. The number of rotatable bonds is 6. The van der Waals surface area contributed by atoms with Crippen LogP contribution in [-0.4, -0.2) is 43.5 Å². The van der Waals surface area contributed by atoms with Crippen molar-refractivity contribution >= 4 is 6.03 Å². The first-order chi connectivity index (χ1) is 11.3. The first-order valence-corrected chi connectivity index (χ1v) is 8.29. The number of urea groups is 1. The second-order valence-corrected chi connectivity index (χ2v) is 5.94. The number of hydrogen-bond acceptors (Lipinski definition) is 4. The predicted octanol–water partition coefficient (Wildman–Crippen LogP) is 2.52. The number of fused-ring (bicyclic) bond motifs is 1. The van der Waals surface area contributed by atoms with Crippen molar-refractivity contribution in [2.75, 3.05) is 26.5 Å². The summed E-state index contributed by atoms with van der Waals surface area (Å²) in [5, 5.41) is 2.95. The van der Waals surface area contributed by atoms with Gasteiger partial charge in [0.1, 0.15) is 0 Å². The van der Waals surface area contributed by atoms with Crippen LogP contribution in [0.2, 0.25) is 0 Å². The summed E-state index contributed by atoms with van der Waals surface area (Å²) in [7, 11) is 0. The van der Waals surface area contributed by atoms with Gasteiger partial charge in [0.15, 0.2) is 11.5 Å². The number of carbonyl (C=O) groups is 1. The van der Waals surface area contributed by atoms with E-state index in [1.54, 1.807) is 0 Å². The van der Waals surface area contributed by atoms with Gasteiger partial charge < -0.3 is 24.4 Å². The van der Waals surface area contributed by atoms with Gasteiger partial charge in [-0.3, -0.25) is 0 Å². The molecule has 1 atom stereocenters. The summed E-state index contributed by atoms with van der Waals surface area (Å²) in [6.45, 7) is 4.93. The molecule has 0 aromatic heterocycles. The zero-order valence-corrected chi connectivity index (χ0v) is 13.5. The fraction of sp³-hybridized carbons (Fsp3) is 0.588. The smallest absolute Gasteiger partial charge is 0.317 e. The van der Waals surface area contributed by atoms with Crippen molar-refractivity contribution in [3.8, 4) is 11.5 Å². The highest BCUT2D eigenvalue weighted by Gasteiger charge is 2.23. The molecule has 2 aliphatic rings. The summed E-state index contributed by atoms with van der Waals surface area (Å²) in [5.41, 5.74) is 1.03. The van der Waals surface area contributed by atoms with Crippen molar-refractivity contribution in [2.24, 2.45) is 0 Å². The lowest BCUT2D eigenvalue weighted by atomic mass is 10.1. The number of nitrogens with zero attached hydrogens (tertiary/aromatic N) is 1. The highest BCUT2D eigenvalue weighted by molar-refractivity contribution is 5.74. The van der Waals surface area contributed by atoms with Gasteiger partial charge in [0.25, 0.3) is 0 Å². The molecule has 1 aromatic rings. The fourth-order valence-electron chi connectivity index (χ4n) is 2.86. The van der Waals surface area contributed by atoms with Crippen molar-refractivity contribution in [3.05, 3.63) is 23.8 Å². The SMILES string of the molecule is CCCNC(=O)N(Cc1ccc2c(c1)OCO2)C[C@H]1CCCO1. The molecule has 0 unspecified atom stereocenters. The molecule has 6 heteroatoms. The zero-order chi connectivity index (χ0) is 16.1. The number of nitrogens with one attached hydrogen (secondary N) is 1. The Labute approximate surface area is 136 Å². The van der Waals surface area contributed by atoms with Crippen molar-refractivity contribution in [2.45, 2.75) is 38.8 Å². The van der Waals surface area contributed by atoms with Gasteiger partial charge in [0.05, 0.1) is 6.10 Å². The van der Waals surface area contributed by atoms with Crippen LogP contribution in [0.25, 0.3) is 0 Å². The van der Waals surface area contributed by atoms with Crippen molar-refractivity contribution in [1.29, 1.82) is 0 Å². The molecule has 1 fully saturated rings. The fourth-order valence-corrected chi connectivity index (χ4v) is 2.86. The minimum atomic E-state index is -0.0417. The van der Waals surface area contributed by atoms with Crippen molar-refractivity contribution in [3.63, 3.8) is 0 Å². The van der Waals surface area contributed by atoms with E-state index in [4.69, 9.17) is 14.2 Å². The van der Waals surface area contributed by atoms with Crippen LogP contribution in [0.15, 0.2) is 18.2 Å². The molecule has 1 saturated heterocycles. The van der Waals surface area contributed by atoms with Gasteiger partial charge in [0, 0.05) is 26.2 Å². The first-order valence-electron chi connectivity index (χ1n) is 8.29. The van der Waals surface area contributed by atoms with E-state index in [-0.39, 0.29) is 18.9 Å². The molecule has 3 rings (SSSR count). The first kappa shape index (κ1) is 15.9. The minimum absolute atomic E-state index is 0.0417. The van der Waals surface area contributed by atoms with Gasteiger partial charge in [-0.25, -0.2) is 4.79 Å². The molecule has 1 N–H and O–H groups in total. The normalized spacial score (nSPS) is 18.9. The number of ether oxygens (including phenoxy) is 3. The molecule has 6 nitrogen and oxygen atoms in total. The van der Waals surface area contributed by atoms with Gasteiger partial charge >= 0.3 is 6.03 Å². The Morgan fingerprint density at radius 2 is 2.22 bits per heavy atom. The van der Waals surface area contributed by atoms with Crippen molar-refractivity contribution in [1.82, 2.24) is 10.2 Å². The Morgan fingerprint density at radius 1 is 1.35 bits per heavy atom. The maximum absolute atomic E-state index is 12.4. The summed E-state index contributed by atoms with van der Waals surface area (Å²) in [6, 6.07) is 5.77. The molecule has 1 aromatic carbocycles. The molecular formula is C17H24N2O4. The summed E-state index contributed by atoms with van der Waals surface area (Å²) < 4.78 is 16.4. The molecule has 0 radical (unpaired) electrons. The maximum Gasteiger partial charge on any atom is 0.317 e. The molecule has 126 valence electrons. The zero-order valence-electron chi connectivity index (χ0n) is 13.5. The average Bonchev–Trinajstić information content (AvgIpc) is 3.22. The topological polar surface area (TPSA) is 60.0 Å². The maximum atomic E-state index is 12.4. The molecule has 0 saturated carbocycles. The Balaban J connectivity index is 1.67. The highest BCUT2D eigenvalue weighted by Crippen LogP contribution is 2.32. The Kier molecular flexibility index (Phi) is 5.23. The third-order valence-electron chi connectivity index (χ3n) is 4.07. The van der Waals surface area contributed by atoms with Crippen LogP contribution in [0.3, 0.4) is 0 Å². The standard InChI is InChI=1S/C17H24N2O4/c1-2-7-18-17(20)19(11-14-4-3-8-21-14)10-13-5-6-15-16(9-13)23-12-22-15/h5-6,9,14H,2-4,7-8,10-12H2,1H3,(H,18,20)/t14-/m1/s1. The van der Waals surface area contributed by atoms with Crippen molar-refractivity contribution < 1.29 is 19.0 Å². The van der Waals surface area contributed by atoms with Gasteiger partial charge in [0.2, 0.25) is 6.79 Å². The van der Waals surface area contributed by atoms with Crippen LogP contribution < -0.4 is 14.8 Å². The van der Waals surface area contributed by atoms with Gasteiger partial charge in [-0.05, 0) is 37.0 Å². The van der Waals surface area contributed by atoms with E-state index in [0.29, 0.717) is 19.6 Å². The Morgan fingerprint density at radius 3 is 3.00 bits per heavy atom. The lowest BCUT2D eigenvalue weighted by Crippen LogP contribution is -2.43. The van der Waals surface area contributed by atoms with E-state index in [0.717, 1.165) is 42.9 Å². The molecule has 0 aliphatic carbocycles. The average molecular weight is 320 g/mol. The number of amides is 2. The number of carbonyl (C=O) groups excluding carboxylic acids is 1. The second-order valence-electron chi connectivity index (χ2n) is 5.94. The Hall–Kier alpha value is -1.95. The van der Waals surface area contributed by atoms with Crippen LogP contribution in [-0.2, 0) is 11.3 Å². The van der Waals surface area contributed by atoms with Crippen LogP contribution in [0.4, 0.5) is 4.79 Å². The molecular weight excluding hydrogens is 296 g/mol. The van der Waals surface area contributed by atoms with E-state index in [2.05, 4.69) is 5.32 Å². The number of benzene rings is 1. The predicted molar refractivity (Wildman–Crippen MR) is 85.6 cm³/mol. The van der Waals surface area contributed by atoms with Gasteiger partial charge in [-0.15, -0.1) is 0 Å². The van der Waals surface area contributed by atoms with Crippen LogP contribution in [0, 0.1) is 0 Å². The van der Waals surface area contributed by atoms with Crippen LogP contribution in [0.1, 0.15) is 31.7 Å². The van der Waals surface area contributed by atoms with E-state index in [1.807, 2.05) is 30.0 Å². The Bertz CT molecular complexity index is 543. The summed E-state index contributed by atoms with van der Waals surface area (Å²) in [5.74, 6) is 1.50. The second kappa shape index (κ2) is 7.55. The molecule has 2 amide bonds. The molecule has 23 heavy (non-hydrogen) atoms. The summed E-state index contributed by atoms with van der Waals surface area (Å²) in [6.07, 6.45) is 3.14. The van der Waals surface area contributed by atoms with Crippen LogP contribution in [0.5, 0.6) is 11.5 Å². The van der Waals surface area contributed by atoms with E-state index >= 15 is 0 Å². The van der Waals surface area contributed by atoms with E-state index < -0.39 is 0 Å². The molecule has 0 spiro atoms. The third kappa shape index (κ3) is 4.07. The summed E-state index contributed by atoms with van der Waals surface area (Å²) >= 11 is 0. The largest absolute Gasteiger partial charge is 0.454 e. The lowest BCUT2D eigenvalue weighted by Gasteiger charge is -2.26. The van der Waals surface area contributed by atoms with E-state index in [9.17, 15) is 4.79 Å². The minimum Gasteiger partial charge on any atom is -0.454 e. The third-order valence-corrected chi connectivity index (χ3v) is 4.07. The van der Waals surface area contributed by atoms with Gasteiger partial charge in [-0.1, -0.05) is 13.0 Å². The molecule has 0 bridgehead atoms. The molecule has 2 heterocycles. The van der Waals surface area contributed by atoms with Gasteiger partial charge in [-0.2, -0.15) is 0 Å². The lowest BCUT2D eigenvalue weighted by molar-refractivity contribution is 0.0795. The highest BCUT2D eigenvalue weighted by atomic mass is 16.7. The van der Waals surface area contributed by atoms with E-state index in [1.165, 1.54) is 0 Å². The van der Waals surface area contributed by atoms with Crippen LogP contribution >= 0.6 is 0 Å². The number of hydrogen-bond donors (Lipinski definition) is 1.